The number of carbonyl (C=O) groups excluding carboxylic acids is 1. The van der Waals surface area contributed by atoms with Crippen LogP contribution in [0.15, 0.2) is 29.4 Å². The first-order chi connectivity index (χ1) is 12.0. The van der Waals surface area contributed by atoms with Gasteiger partial charge in [0.05, 0.1) is 11.8 Å². The highest BCUT2D eigenvalue weighted by atomic mass is 32.2. The molecule has 0 saturated carbocycles. The average Bonchev–Trinajstić information content (AvgIpc) is 2.96. The maximum Gasteiger partial charge on any atom is 0.191 e. The molecule has 0 saturated heterocycles. The molecule has 7 heteroatoms. The zero-order chi connectivity index (χ0) is 18.4. The van der Waals surface area contributed by atoms with Crippen LogP contribution in [0.2, 0.25) is 0 Å². The number of nitriles is 1. The maximum absolute atomic E-state index is 12.1. The normalized spacial score (nSPS) is 11.8. The van der Waals surface area contributed by atoms with Crippen LogP contribution in [-0.4, -0.2) is 32.0 Å². The molecule has 2 aromatic rings. The molecule has 0 aliphatic rings. The van der Waals surface area contributed by atoms with Crippen molar-refractivity contribution < 1.29 is 4.79 Å². The molecule has 1 heterocycles. The van der Waals surface area contributed by atoms with Crippen LogP contribution < -0.4 is 0 Å². The van der Waals surface area contributed by atoms with Crippen LogP contribution in [0.5, 0.6) is 0 Å². The summed E-state index contributed by atoms with van der Waals surface area (Å²) in [4.78, 5) is 12.1. The molecule has 6 nitrogen and oxygen atoms in total. The molecule has 1 aromatic heterocycles. The summed E-state index contributed by atoms with van der Waals surface area (Å²) < 4.78 is 2.01. The van der Waals surface area contributed by atoms with E-state index in [9.17, 15) is 4.79 Å². The summed E-state index contributed by atoms with van der Waals surface area (Å²) in [5.74, 6) is -0.376. The van der Waals surface area contributed by atoms with Gasteiger partial charge in [-0.15, -0.1) is 10.2 Å². The zero-order valence-corrected chi connectivity index (χ0v) is 15.4. The molecule has 0 bridgehead atoms. The summed E-state index contributed by atoms with van der Waals surface area (Å²) in [6, 6.07) is 9.94. The molecule has 1 N–H and O–H groups in total. The number of benzene rings is 1. The fourth-order valence-electron chi connectivity index (χ4n) is 2.45. The van der Waals surface area contributed by atoms with Crippen molar-refractivity contribution in [3.05, 3.63) is 29.8 Å². The van der Waals surface area contributed by atoms with Crippen molar-refractivity contribution in [2.75, 3.05) is 5.75 Å². The summed E-state index contributed by atoms with van der Waals surface area (Å²) in [5, 5.41) is 25.7. The van der Waals surface area contributed by atoms with Gasteiger partial charge >= 0.3 is 0 Å². The lowest BCUT2D eigenvalue weighted by Crippen LogP contribution is -2.21. The maximum atomic E-state index is 12.1. The molecule has 0 amide bonds. The minimum atomic E-state index is -0.980. The Bertz CT molecular complexity index is 821. The molecule has 1 aromatic carbocycles. The second-order valence-electron chi connectivity index (χ2n) is 5.83. The Kier molecular flexibility index (Phi) is 6.48. The van der Waals surface area contributed by atoms with Crippen LogP contribution in [-0.2, 0) is 11.3 Å². The summed E-state index contributed by atoms with van der Waals surface area (Å²) in [7, 11) is 0. The van der Waals surface area contributed by atoms with E-state index in [-0.39, 0.29) is 17.2 Å². The van der Waals surface area contributed by atoms with E-state index in [1.165, 1.54) is 18.7 Å². The Morgan fingerprint density at radius 1 is 1.44 bits per heavy atom. The molecule has 0 aliphatic carbocycles. The number of aryl methyl sites for hydroxylation is 1. The molecule has 0 aliphatic heterocycles. The number of nitrogens with one attached hydrogen (secondary N) is 1. The third kappa shape index (κ3) is 4.54. The number of carbonyl (C=O) groups is 1. The molecule has 25 heavy (non-hydrogen) atoms. The van der Waals surface area contributed by atoms with Gasteiger partial charge in [-0.25, -0.2) is 0 Å². The molecular formula is C18H21N5OS. The number of nitrogens with zero attached hydrogens (tertiary/aromatic N) is 4. The van der Waals surface area contributed by atoms with Gasteiger partial charge < -0.3 is 9.98 Å². The number of aromatic nitrogens is 3. The highest BCUT2D eigenvalue weighted by Gasteiger charge is 2.22. The van der Waals surface area contributed by atoms with Crippen molar-refractivity contribution in [2.24, 2.45) is 5.92 Å². The Hall–Kier alpha value is -2.46. The Morgan fingerprint density at radius 2 is 2.20 bits per heavy atom. The van der Waals surface area contributed by atoms with E-state index in [4.69, 9.17) is 10.7 Å². The van der Waals surface area contributed by atoms with Crippen LogP contribution in [0.25, 0.3) is 11.4 Å². The summed E-state index contributed by atoms with van der Waals surface area (Å²) in [5.41, 5.74) is 2.21. The van der Waals surface area contributed by atoms with Crippen molar-refractivity contribution in [1.82, 2.24) is 14.8 Å². The van der Waals surface area contributed by atoms with Crippen LogP contribution in [0.1, 0.15) is 25.8 Å². The van der Waals surface area contributed by atoms with Crippen LogP contribution >= 0.6 is 11.8 Å². The predicted molar refractivity (Wildman–Crippen MR) is 98.7 cm³/mol. The van der Waals surface area contributed by atoms with E-state index in [1.807, 2.05) is 35.8 Å². The number of Topliss-reactive ketones (excluding diaryl/α,β-unsaturated/α-hetero) is 1. The van der Waals surface area contributed by atoms with Gasteiger partial charge in [0.1, 0.15) is 5.92 Å². The second kappa shape index (κ2) is 8.58. The number of thioether (sulfide) groups is 1. The SMILES string of the molecule is CCCn1c(SCC(=O)[C@@H](C#N)C(C)=N)nnc1-c1cccc(C)c1. The molecule has 0 fully saturated rings. The second-order valence-corrected chi connectivity index (χ2v) is 6.77. The summed E-state index contributed by atoms with van der Waals surface area (Å²) in [6.07, 6.45) is 0.915. The first-order valence-electron chi connectivity index (χ1n) is 8.08. The molecular weight excluding hydrogens is 334 g/mol. The lowest BCUT2D eigenvalue weighted by molar-refractivity contribution is -0.117. The minimum Gasteiger partial charge on any atom is -0.308 e. The first-order valence-corrected chi connectivity index (χ1v) is 9.06. The van der Waals surface area contributed by atoms with Crippen molar-refractivity contribution in [3.8, 4) is 17.5 Å². The quantitative estimate of drug-likeness (QED) is 0.577. The smallest absolute Gasteiger partial charge is 0.191 e. The van der Waals surface area contributed by atoms with E-state index in [2.05, 4.69) is 23.2 Å². The Labute approximate surface area is 151 Å². The molecule has 0 radical (unpaired) electrons. The fourth-order valence-corrected chi connectivity index (χ4v) is 3.32. The van der Waals surface area contributed by atoms with Gasteiger partial charge in [-0.2, -0.15) is 5.26 Å². The van der Waals surface area contributed by atoms with Gasteiger partial charge in [0.2, 0.25) is 0 Å². The number of hydrogen-bond acceptors (Lipinski definition) is 6. The highest BCUT2D eigenvalue weighted by Crippen LogP contribution is 2.25. The van der Waals surface area contributed by atoms with E-state index >= 15 is 0 Å². The number of ketones is 1. The Morgan fingerprint density at radius 3 is 2.80 bits per heavy atom. The van der Waals surface area contributed by atoms with Crippen LogP contribution in [0.3, 0.4) is 0 Å². The fraction of sp³-hybridized carbons (Fsp3) is 0.389. The van der Waals surface area contributed by atoms with Crippen molar-refractivity contribution >= 4 is 23.3 Å². The number of hydrogen-bond donors (Lipinski definition) is 1. The standard InChI is InChI=1S/C18H21N5OS/c1-4-8-23-17(14-7-5-6-12(2)9-14)21-22-18(23)25-11-16(24)15(10-19)13(3)20/h5-7,9,15,20H,4,8,11H2,1-3H3/t15-/m0/s1. The first kappa shape index (κ1) is 18.9. The minimum absolute atomic E-state index is 0.0728. The largest absolute Gasteiger partial charge is 0.308 e. The molecule has 130 valence electrons. The summed E-state index contributed by atoms with van der Waals surface area (Å²) >= 11 is 1.27. The molecule has 0 unspecified atom stereocenters. The van der Waals surface area contributed by atoms with Crippen LogP contribution in [0.4, 0.5) is 0 Å². The van der Waals surface area contributed by atoms with Crippen LogP contribution in [0, 0.1) is 29.6 Å². The summed E-state index contributed by atoms with van der Waals surface area (Å²) in [6.45, 7) is 6.33. The predicted octanol–water partition coefficient (Wildman–Crippen LogP) is 3.50. The third-order valence-electron chi connectivity index (χ3n) is 3.67. The Balaban J connectivity index is 2.23. The topological polar surface area (TPSA) is 95.4 Å². The number of rotatable bonds is 8. The van der Waals surface area contributed by atoms with E-state index in [1.54, 1.807) is 0 Å². The van der Waals surface area contributed by atoms with Gasteiger partial charge in [-0.1, -0.05) is 42.4 Å². The lowest BCUT2D eigenvalue weighted by Gasteiger charge is -2.10. The van der Waals surface area contributed by atoms with E-state index < -0.39 is 5.92 Å². The molecule has 0 spiro atoms. The average molecular weight is 355 g/mol. The lowest BCUT2D eigenvalue weighted by atomic mass is 10.0. The molecule has 1 atom stereocenters. The van der Waals surface area contributed by atoms with E-state index in [0.717, 1.165) is 29.9 Å². The van der Waals surface area contributed by atoms with Crippen molar-refractivity contribution in [3.63, 3.8) is 0 Å². The third-order valence-corrected chi connectivity index (χ3v) is 4.66. The van der Waals surface area contributed by atoms with E-state index in [0.29, 0.717) is 5.16 Å². The van der Waals surface area contributed by atoms with Crippen molar-refractivity contribution in [2.45, 2.75) is 38.9 Å². The van der Waals surface area contributed by atoms with Gasteiger partial charge in [0, 0.05) is 17.8 Å². The van der Waals surface area contributed by atoms with Gasteiger partial charge in [0.15, 0.2) is 16.8 Å². The molecule has 2 rings (SSSR count). The zero-order valence-electron chi connectivity index (χ0n) is 14.6. The monoisotopic (exact) mass is 355 g/mol. The van der Waals surface area contributed by atoms with Gasteiger partial charge in [0.25, 0.3) is 0 Å². The van der Waals surface area contributed by atoms with Gasteiger partial charge in [-0.05, 0) is 26.3 Å². The highest BCUT2D eigenvalue weighted by molar-refractivity contribution is 7.99. The van der Waals surface area contributed by atoms with Gasteiger partial charge in [-0.3, -0.25) is 4.79 Å². The van der Waals surface area contributed by atoms with Crippen molar-refractivity contribution in [1.29, 1.82) is 10.7 Å².